The zero-order valence-corrected chi connectivity index (χ0v) is 15.4. The highest BCUT2D eigenvalue weighted by atomic mass is 16.5. The number of allylic oxidation sites excluding steroid dienone is 1. The van der Waals surface area contributed by atoms with Crippen molar-refractivity contribution in [1.82, 2.24) is 0 Å². The lowest BCUT2D eigenvalue weighted by molar-refractivity contribution is -0.137. The van der Waals surface area contributed by atoms with E-state index in [9.17, 15) is 19.5 Å². The number of carbonyl (C=O) groups is 3. The largest absolute Gasteiger partial charge is 0.508 e. The van der Waals surface area contributed by atoms with Crippen LogP contribution < -0.4 is 0 Å². The first-order chi connectivity index (χ1) is 12.8. The highest BCUT2D eigenvalue weighted by Gasteiger charge is 2.43. The summed E-state index contributed by atoms with van der Waals surface area (Å²) in [5.41, 5.74) is 2.88. The van der Waals surface area contributed by atoms with Gasteiger partial charge in [-0.3, -0.25) is 9.59 Å². The zero-order chi connectivity index (χ0) is 19.7. The van der Waals surface area contributed by atoms with Crippen molar-refractivity contribution in [1.29, 1.82) is 0 Å². The quantitative estimate of drug-likeness (QED) is 0.648. The third-order valence-corrected chi connectivity index (χ3v) is 4.91. The van der Waals surface area contributed by atoms with Gasteiger partial charge in [0.25, 0.3) is 0 Å². The number of carbonyl (C=O) groups excluding carboxylic acids is 3. The molecule has 1 aliphatic rings. The van der Waals surface area contributed by atoms with E-state index >= 15 is 0 Å². The number of benzene rings is 2. The third-order valence-electron chi connectivity index (χ3n) is 4.91. The number of Topliss-reactive ketones (excluding diaryl/α,β-unsaturated/α-hetero) is 2. The second-order valence-corrected chi connectivity index (χ2v) is 6.65. The standard InChI is InChI=1S/C22H20O5/c1-12-6-4-7-13(2)18(12)21(25)17-11-16(19(17)22(26)27-3)20(24)14-8-5-9-15(23)10-14/h4-10,17,23H,11H2,1-3H3. The minimum atomic E-state index is -0.700. The van der Waals surface area contributed by atoms with E-state index in [2.05, 4.69) is 0 Å². The van der Waals surface area contributed by atoms with Crippen molar-refractivity contribution in [2.45, 2.75) is 20.3 Å². The number of aryl methyl sites for hydroxylation is 2. The molecule has 0 bridgehead atoms. The van der Waals surface area contributed by atoms with E-state index in [1.807, 2.05) is 32.0 Å². The number of hydrogen-bond acceptors (Lipinski definition) is 5. The molecule has 1 N–H and O–H groups in total. The lowest BCUT2D eigenvalue weighted by Crippen LogP contribution is -2.35. The molecule has 2 aromatic carbocycles. The Morgan fingerprint density at radius 2 is 1.67 bits per heavy atom. The van der Waals surface area contributed by atoms with Gasteiger partial charge < -0.3 is 9.84 Å². The highest BCUT2D eigenvalue weighted by molar-refractivity contribution is 6.19. The summed E-state index contributed by atoms with van der Waals surface area (Å²) in [5, 5.41) is 9.59. The van der Waals surface area contributed by atoms with Gasteiger partial charge in [-0.05, 0) is 43.5 Å². The van der Waals surface area contributed by atoms with Gasteiger partial charge >= 0.3 is 5.97 Å². The normalized spacial score (nSPS) is 15.9. The van der Waals surface area contributed by atoms with Gasteiger partial charge in [-0.1, -0.05) is 30.3 Å². The number of rotatable bonds is 5. The first kappa shape index (κ1) is 18.6. The van der Waals surface area contributed by atoms with E-state index in [4.69, 9.17) is 4.74 Å². The molecule has 1 atom stereocenters. The van der Waals surface area contributed by atoms with Crippen molar-refractivity contribution in [3.63, 3.8) is 0 Å². The summed E-state index contributed by atoms with van der Waals surface area (Å²) in [6.45, 7) is 3.69. The van der Waals surface area contributed by atoms with Crippen LogP contribution in [0.2, 0.25) is 0 Å². The number of methoxy groups -OCH3 is 1. The van der Waals surface area contributed by atoms with Crippen LogP contribution in [0.15, 0.2) is 53.6 Å². The van der Waals surface area contributed by atoms with Crippen molar-refractivity contribution in [3.8, 4) is 5.75 Å². The Kier molecular flexibility index (Phi) is 4.95. The predicted octanol–water partition coefficient (Wildman–Crippen LogP) is 3.56. The van der Waals surface area contributed by atoms with Gasteiger partial charge in [-0.2, -0.15) is 0 Å². The number of phenolic OH excluding ortho intramolecular Hbond substituents is 1. The molecule has 0 aromatic heterocycles. The van der Waals surface area contributed by atoms with Crippen molar-refractivity contribution in [2.75, 3.05) is 7.11 Å². The second kappa shape index (κ2) is 7.19. The van der Waals surface area contributed by atoms with Crippen LogP contribution in [0.3, 0.4) is 0 Å². The van der Waals surface area contributed by atoms with Crippen LogP contribution >= 0.6 is 0 Å². The molecule has 27 heavy (non-hydrogen) atoms. The van der Waals surface area contributed by atoms with Crippen molar-refractivity contribution < 1.29 is 24.2 Å². The number of phenols is 1. The third kappa shape index (κ3) is 3.28. The van der Waals surface area contributed by atoms with Gasteiger partial charge in [-0.25, -0.2) is 4.79 Å². The van der Waals surface area contributed by atoms with Gasteiger partial charge in [0.2, 0.25) is 0 Å². The van der Waals surface area contributed by atoms with Gasteiger partial charge in [0, 0.05) is 16.7 Å². The number of ether oxygens (including phenoxy) is 1. The lowest BCUT2D eigenvalue weighted by Gasteiger charge is -2.31. The fourth-order valence-corrected chi connectivity index (χ4v) is 3.51. The van der Waals surface area contributed by atoms with E-state index in [1.165, 1.54) is 19.2 Å². The van der Waals surface area contributed by atoms with Crippen LogP contribution in [0.25, 0.3) is 0 Å². The van der Waals surface area contributed by atoms with Crippen LogP contribution in [0, 0.1) is 19.8 Å². The minimum Gasteiger partial charge on any atom is -0.508 e. The average molecular weight is 364 g/mol. The molecule has 2 aromatic rings. The molecule has 0 aliphatic heterocycles. The second-order valence-electron chi connectivity index (χ2n) is 6.65. The molecule has 5 heteroatoms. The van der Waals surface area contributed by atoms with E-state index in [1.54, 1.807) is 12.1 Å². The number of ketones is 2. The molecule has 0 heterocycles. The van der Waals surface area contributed by atoms with Crippen molar-refractivity contribution >= 4 is 17.5 Å². The molecule has 5 nitrogen and oxygen atoms in total. The molecule has 0 amide bonds. The first-order valence-corrected chi connectivity index (χ1v) is 8.60. The fraction of sp³-hybridized carbons (Fsp3) is 0.227. The van der Waals surface area contributed by atoms with Crippen molar-refractivity contribution in [3.05, 3.63) is 75.9 Å². The molecular weight excluding hydrogens is 344 g/mol. The Hall–Kier alpha value is -3.21. The fourth-order valence-electron chi connectivity index (χ4n) is 3.51. The highest BCUT2D eigenvalue weighted by Crippen LogP contribution is 2.40. The Morgan fingerprint density at radius 3 is 2.26 bits per heavy atom. The molecule has 3 rings (SSSR count). The molecule has 0 radical (unpaired) electrons. The maximum Gasteiger partial charge on any atom is 0.334 e. The van der Waals surface area contributed by atoms with Gasteiger partial charge in [0.1, 0.15) is 5.75 Å². The molecule has 0 saturated carbocycles. The summed E-state index contributed by atoms with van der Waals surface area (Å²) in [6, 6.07) is 11.5. The van der Waals surface area contributed by atoms with Crippen LogP contribution in [-0.4, -0.2) is 29.8 Å². The van der Waals surface area contributed by atoms with Crippen LogP contribution in [0.1, 0.15) is 38.3 Å². The summed E-state index contributed by atoms with van der Waals surface area (Å²) in [7, 11) is 1.23. The first-order valence-electron chi connectivity index (χ1n) is 8.60. The SMILES string of the molecule is COC(=O)C1=C(C(=O)c2cccc(O)c2)CC1C(=O)c1c(C)cccc1C. The Balaban J connectivity index is 2.01. The summed E-state index contributed by atoms with van der Waals surface area (Å²) < 4.78 is 4.82. The summed E-state index contributed by atoms with van der Waals surface area (Å²) in [6.07, 6.45) is 0.172. The molecule has 1 aliphatic carbocycles. The molecule has 0 fully saturated rings. The average Bonchev–Trinajstić information content (AvgIpc) is 2.60. The molecular formula is C22H20O5. The zero-order valence-electron chi connectivity index (χ0n) is 15.4. The summed E-state index contributed by atoms with van der Waals surface area (Å²) >= 11 is 0. The Bertz CT molecular complexity index is 964. The monoisotopic (exact) mass is 364 g/mol. The molecule has 138 valence electrons. The van der Waals surface area contributed by atoms with Gasteiger partial charge in [0.05, 0.1) is 18.6 Å². The molecule has 1 unspecified atom stereocenters. The Morgan fingerprint density at radius 1 is 1.04 bits per heavy atom. The van der Waals surface area contributed by atoms with E-state index in [0.717, 1.165) is 11.1 Å². The van der Waals surface area contributed by atoms with Crippen LogP contribution in [0.5, 0.6) is 5.75 Å². The van der Waals surface area contributed by atoms with E-state index in [-0.39, 0.29) is 40.4 Å². The van der Waals surface area contributed by atoms with E-state index < -0.39 is 11.9 Å². The number of hydrogen-bond donors (Lipinski definition) is 1. The van der Waals surface area contributed by atoms with E-state index in [0.29, 0.717) is 5.56 Å². The lowest BCUT2D eigenvalue weighted by atomic mass is 9.70. The summed E-state index contributed by atoms with van der Waals surface area (Å²) in [5.74, 6) is -1.97. The van der Waals surface area contributed by atoms with Crippen LogP contribution in [-0.2, 0) is 9.53 Å². The smallest absolute Gasteiger partial charge is 0.334 e. The maximum absolute atomic E-state index is 13.1. The van der Waals surface area contributed by atoms with Crippen molar-refractivity contribution in [2.24, 2.45) is 5.92 Å². The van der Waals surface area contributed by atoms with Gasteiger partial charge in [-0.15, -0.1) is 0 Å². The topological polar surface area (TPSA) is 80.7 Å². The van der Waals surface area contributed by atoms with Gasteiger partial charge in [0.15, 0.2) is 11.6 Å². The Labute approximate surface area is 157 Å². The minimum absolute atomic E-state index is 0.0384. The maximum atomic E-state index is 13.1. The number of esters is 1. The molecule has 0 saturated heterocycles. The number of aromatic hydroxyl groups is 1. The van der Waals surface area contributed by atoms with Crippen LogP contribution in [0.4, 0.5) is 0 Å². The summed E-state index contributed by atoms with van der Waals surface area (Å²) in [4.78, 5) is 38.1. The predicted molar refractivity (Wildman–Crippen MR) is 99.8 cm³/mol. The molecule has 0 spiro atoms.